The van der Waals surface area contributed by atoms with Gasteiger partial charge in [0.15, 0.2) is 0 Å². The van der Waals surface area contributed by atoms with Crippen molar-refractivity contribution in [2.24, 2.45) is 0 Å². The molecule has 1 N–H and O–H groups in total. The first-order valence-electron chi connectivity index (χ1n) is 11.4. The van der Waals surface area contributed by atoms with E-state index in [1.165, 1.54) is 5.56 Å². The molecule has 7 heteroatoms. The van der Waals surface area contributed by atoms with Crippen LogP contribution in [0.3, 0.4) is 0 Å². The molecule has 1 fully saturated rings. The second-order valence-corrected chi connectivity index (χ2v) is 9.42. The molecule has 2 amide bonds. The molecule has 1 aliphatic heterocycles. The summed E-state index contributed by atoms with van der Waals surface area (Å²) in [5, 5.41) is 3.00. The summed E-state index contributed by atoms with van der Waals surface area (Å²) in [6.07, 6.45) is -0.251. The molecule has 31 heavy (non-hydrogen) atoms. The number of carbonyl (C=O) groups is 2. The average Bonchev–Trinajstić information content (AvgIpc) is 2.71. The lowest BCUT2D eigenvalue weighted by Gasteiger charge is -2.35. The number of amides is 2. The van der Waals surface area contributed by atoms with Crippen molar-refractivity contribution in [2.75, 3.05) is 45.8 Å². The quantitative estimate of drug-likeness (QED) is 0.683. The fourth-order valence-corrected chi connectivity index (χ4v) is 3.57. The summed E-state index contributed by atoms with van der Waals surface area (Å²) in [6.45, 7) is 18.3. The molecule has 2 rings (SSSR count). The van der Waals surface area contributed by atoms with Gasteiger partial charge in [0.25, 0.3) is 5.91 Å². The molecule has 1 aromatic carbocycles. The molecular weight excluding hydrogens is 392 g/mol. The van der Waals surface area contributed by atoms with Crippen LogP contribution in [0.5, 0.6) is 0 Å². The smallest absolute Gasteiger partial charge is 0.410 e. The molecule has 0 atom stereocenters. The predicted molar refractivity (Wildman–Crippen MR) is 124 cm³/mol. The predicted octanol–water partition coefficient (Wildman–Crippen LogP) is 3.20. The maximum Gasteiger partial charge on any atom is 0.410 e. The topological polar surface area (TPSA) is 65.1 Å². The van der Waals surface area contributed by atoms with Gasteiger partial charge in [0.2, 0.25) is 0 Å². The lowest BCUT2D eigenvalue weighted by molar-refractivity contribution is 0.0147. The molecule has 0 bridgehead atoms. The summed E-state index contributed by atoms with van der Waals surface area (Å²) in [4.78, 5) is 31.0. The second-order valence-electron chi connectivity index (χ2n) is 9.42. The fraction of sp³-hybridized carbons (Fsp3) is 0.667. The van der Waals surface area contributed by atoms with Gasteiger partial charge in [0.1, 0.15) is 5.60 Å². The number of ether oxygens (including phenoxy) is 1. The maximum absolute atomic E-state index is 12.4. The highest BCUT2D eigenvalue weighted by Crippen LogP contribution is 2.12. The summed E-state index contributed by atoms with van der Waals surface area (Å²) in [5.41, 5.74) is 1.43. The van der Waals surface area contributed by atoms with Gasteiger partial charge in [0, 0.05) is 57.4 Å². The Hall–Kier alpha value is -2.12. The van der Waals surface area contributed by atoms with Crippen molar-refractivity contribution in [1.82, 2.24) is 20.0 Å². The highest BCUT2D eigenvalue weighted by molar-refractivity contribution is 5.94. The number of hydrogen-bond acceptors (Lipinski definition) is 5. The van der Waals surface area contributed by atoms with Crippen molar-refractivity contribution >= 4 is 12.0 Å². The highest BCUT2D eigenvalue weighted by Gasteiger charge is 2.25. The zero-order chi connectivity index (χ0) is 23.0. The van der Waals surface area contributed by atoms with Crippen LogP contribution in [0.1, 0.15) is 57.5 Å². The Balaban J connectivity index is 1.71. The molecule has 174 valence electrons. The SMILES string of the molecule is CCN(Cc1ccc(C(=O)NCCN2CCN(C(=O)OC(C)(C)C)CC2)cc1)C(C)C. The van der Waals surface area contributed by atoms with E-state index in [2.05, 4.69) is 35.9 Å². The number of benzene rings is 1. The Morgan fingerprint density at radius 2 is 1.71 bits per heavy atom. The van der Waals surface area contributed by atoms with E-state index in [1.807, 2.05) is 45.0 Å². The Bertz CT molecular complexity index is 705. The molecule has 0 unspecified atom stereocenters. The molecule has 7 nitrogen and oxygen atoms in total. The lowest BCUT2D eigenvalue weighted by atomic mass is 10.1. The van der Waals surface area contributed by atoms with E-state index in [-0.39, 0.29) is 12.0 Å². The Labute approximate surface area is 187 Å². The molecule has 0 aliphatic carbocycles. The largest absolute Gasteiger partial charge is 0.444 e. The van der Waals surface area contributed by atoms with E-state index in [1.54, 1.807) is 4.90 Å². The Kier molecular flexibility index (Phi) is 9.32. The number of nitrogens with zero attached hydrogens (tertiary/aromatic N) is 3. The van der Waals surface area contributed by atoms with Crippen molar-refractivity contribution in [3.8, 4) is 0 Å². The Morgan fingerprint density at radius 1 is 1.10 bits per heavy atom. The van der Waals surface area contributed by atoms with Crippen LogP contribution in [0.15, 0.2) is 24.3 Å². The van der Waals surface area contributed by atoms with Gasteiger partial charge in [-0.3, -0.25) is 14.6 Å². The van der Waals surface area contributed by atoms with Crippen LogP contribution in [0.4, 0.5) is 4.79 Å². The van der Waals surface area contributed by atoms with Gasteiger partial charge in [0.05, 0.1) is 0 Å². The zero-order valence-corrected chi connectivity index (χ0v) is 20.1. The summed E-state index contributed by atoms with van der Waals surface area (Å²) >= 11 is 0. The highest BCUT2D eigenvalue weighted by atomic mass is 16.6. The third-order valence-corrected chi connectivity index (χ3v) is 5.48. The van der Waals surface area contributed by atoms with Crippen molar-refractivity contribution in [2.45, 2.75) is 59.7 Å². The van der Waals surface area contributed by atoms with Crippen molar-refractivity contribution < 1.29 is 14.3 Å². The van der Waals surface area contributed by atoms with Crippen LogP contribution < -0.4 is 5.32 Å². The average molecular weight is 433 g/mol. The van der Waals surface area contributed by atoms with E-state index < -0.39 is 5.60 Å². The third-order valence-electron chi connectivity index (χ3n) is 5.48. The van der Waals surface area contributed by atoms with Crippen LogP contribution in [-0.2, 0) is 11.3 Å². The molecule has 0 radical (unpaired) electrons. The van der Waals surface area contributed by atoms with Gasteiger partial charge in [-0.25, -0.2) is 4.79 Å². The molecular formula is C24H40N4O3. The molecule has 0 aromatic heterocycles. The summed E-state index contributed by atoms with van der Waals surface area (Å²) in [5.74, 6) is -0.0462. The van der Waals surface area contributed by atoms with Gasteiger partial charge >= 0.3 is 6.09 Å². The summed E-state index contributed by atoms with van der Waals surface area (Å²) < 4.78 is 5.43. The van der Waals surface area contributed by atoms with E-state index in [9.17, 15) is 9.59 Å². The van der Waals surface area contributed by atoms with Gasteiger partial charge in [-0.05, 0) is 58.9 Å². The minimum atomic E-state index is -0.472. The third kappa shape index (κ3) is 8.50. The standard InChI is InChI=1S/C24H40N4O3/c1-7-27(19(2)3)18-20-8-10-21(11-9-20)22(29)25-12-13-26-14-16-28(17-15-26)23(30)31-24(4,5)6/h8-11,19H,7,12-18H2,1-6H3,(H,25,29). The van der Waals surface area contributed by atoms with Crippen LogP contribution in [-0.4, -0.2) is 84.2 Å². The van der Waals surface area contributed by atoms with Gasteiger partial charge in [-0.1, -0.05) is 19.1 Å². The van der Waals surface area contributed by atoms with Crippen LogP contribution in [0.2, 0.25) is 0 Å². The first-order chi connectivity index (χ1) is 14.6. The molecule has 1 saturated heterocycles. The number of carbonyl (C=O) groups excluding carboxylic acids is 2. The first kappa shape index (κ1) is 25.1. The Morgan fingerprint density at radius 3 is 2.23 bits per heavy atom. The normalized spacial score (nSPS) is 15.4. The summed E-state index contributed by atoms with van der Waals surface area (Å²) in [6, 6.07) is 8.38. The molecule has 0 spiro atoms. The molecule has 0 saturated carbocycles. The van der Waals surface area contributed by atoms with E-state index >= 15 is 0 Å². The minimum Gasteiger partial charge on any atom is -0.444 e. The van der Waals surface area contributed by atoms with Crippen LogP contribution in [0, 0.1) is 0 Å². The number of piperazine rings is 1. The van der Waals surface area contributed by atoms with Crippen molar-refractivity contribution in [3.05, 3.63) is 35.4 Å². The van der Waals surface area contributed by atoms with E-state index in [4.69, 9.17) is 4.74 Å². The first-order valence-corrected chi connectivity index (χ1v) is 11.4. The number of rotatable bonds is 8. The molecule has 1 heterocycles. The monoisotopic (exact) mass is 432 g/mol. The number of hydrogen-bond donors (Lipinski definition) is 1. The molecule has 1 aromatic rings. The van der Waals surface area contributed by atoms with Gasteiger partial charge < -0.3 is 15.0 Å². The zero-order valence-electron chi connectivity index (χ0n) is 20.1. The van der Waals surface area contributed by atoms with E-state index in [0.717, 1.165) is 32.7 Å². The maximum atomic E-state index is 12.4. The second kappa shape index (κ2) is 11.5. The van der Waals surface area contributed by atoms with Crippen molar-refractivity contribution in [1.29, 1.82) is 0 Å². The summed E-state index contributed by atoms with van der Waals surface area (Å²) in [7, 11) is 0. The van der Waals surface area contributed by atoms with Crippen LogP contribution >= 0.6 is 0 Å². The fourth-order valence-electron chi connectivity index (χ4n) is 3.57. The van der Waals surface area contributed by atoms with Gasteiger partial charge in [-0.2, -0.15) is 0 Å². The minimum absolute atomic E-state index is 0.0462. The van der Waals surface area contributed by atoms with E-state index in [0.29, 0.717) is 31.2 Å². The lowest BCUT2D eigenvalue weighted by Crippen LogP contribution is -2.51. The van der Waals surface area contributed by atoms with Crippen molar-refractivity contribution in [3.63, 3.8) is 0 Å². The van der Waals surface area contributed by atoms with Gasteiger partial charge in [-0.15, -0.1) is 0 Å². The number of nitrogens with one attached hydrogen (secondary N) is 1. The van der Waals surface area contributed by atoms with Crippen LogP contribution in [0.25, 0.3) is 0 Å². The molecule has 1 aliphatic rings.